The Bertz CT molecular complexity index is 368. The molecule has 0 fully saturated rings. The molecule has 0 bridgehead atoms. The maximum Gasteiger partial charge on any atom is -0.00675 e. The molecule has 0 aliphatic rings. The van der Waals surface area contributed by atoms with Crippen LogP contribution in [0.1, 0.15) is 239 Å². The molecule has 242 valence electrons. The van der Waals surface area contributed by atoms with E-state index in [0.717, 1.165) is 0 Å². The van der Waals surface area contributed by atoms with Gasteiger partial charge in [0.1, 0.15) is 0 Å². The van der Waals surface area contributed by atoms with Crippen LogP contribution in [-0.4, -0.2) is 11.5 Å². The summed E-state index contributed by atoms with van der Waals surface area (Å²) < 4.78 is 0. The highest BCUT2D eigenvalue weighted by Gasteiger charge is 1.97. The summed E-state index contributed by atoms with van der Waals surface area (Å²) in [5, 5.41) is 0. The van der Waals surface area contributed by atoms with Crippen LogP contribution in [0.15, 0.2) is 0 Å². The molecule has 0 aliphatic heterocycles. The molecule has 0 nitrogen and oxygen atoms in total. The largest absolute Gasteiger partial charge is 0.162 e. The van der Waals surface area contributed by atoms with Gasteiger partial charge in [-0.3, -0.25) is 0 Å². The lowest BCUT2D eigenvalue weighted by atomic mass is 10.0. The van der Waals surface area contributed by atoms with Crippen LogP contribution in [0.3, 0.4) is 0 Å². The van der Waals surface area contributed by atoms with Gasteiger partial charge in [0.05, 0.1) is 0 Å². The minimum atomic E-state index is 1.37. The fourth-order valence-electron chi connectivity index (χ4n) is 6.14. The topological polar surface area (TPSA) is 0 Å². The zero-order valence-electron chi connectivity index (χ0n) is 28.6. The van der Waals surface area contributed by atoms with Crippen molar-refractivity contribution < 1.29 is 0 Å². The molecule has 0 aromatic heterocycles. The van der Waals surface area contributed by atoms with Gasteiger partial charge in [0.2, 0.25) is 0 Å². The van der Waals surface area contributed by atoms with Crippen molar-refractivity contribution in [2.24, 2.45) is 0 Å². The van der Waals surface area contributed by atoms with Crippen molar-refractivity contribution >= 4 is 11.8 Å². The quantitative estimate of drug-likeness (QED) is 0.0658. The molecule has 0 unspecified atom stereocenters. The van der Waals surface area contributed by atoms with Crippen molar-refractivity contribution in [3.05, 3.63) is 0 Å². The first kappa shape index (κ1) is 40.4. The number of rotatable bonds is 37. The van der Waals surface area contributed by atoms with Crippen LogP contribution in [-0.2, 0) is 0 Å². The molecule has 0 spiro atoms. The Balaban J connectivity index is 3.01. The first-order valence-corrected chi connectivity index (χ1v) is 20.6. The Morgan fingerprint density at radius 1 is 0.200 bits per heavy atom. The van der Waals surface area contributed by atoms with Gasteiger partial charge in [-0.15, -0.1) is 0 Å². The van der Waals surface area contributed by atoms with Gasteiger partial charge in [0.15, 0.2) is 0 Å². The highest BCUT2D eigenvalue weighted by atomic mass is 32.2. The van der Waals surface area contributed by atoms with Gasteiger partial charge in [0.25, 0.3) is 0 Å². The van der Waals surface area contributed by atoms with Crippen molar-refractivity contribution in [1.29, 1.82) is 0 Å². The Morgan fingerprint density at radius 3 is 0.525 bits per heavy atom. The predicted molar refractivity (Wildman–Crippen MR) is 190 cm³/mol. The SMILES string of the molecule is CCCCCCCCCCCCCCCCCCCCCCCCCCCCSCCCCCCCCCCC. The lowest BCUT2D eigenvalue weighted by Crippen LogP contribution is -1.87. The second-order valence-electron chi connectivity index (χ2n) is 13.3. The minimum Gasteiger partial charge on any atom is -0.162 e. The van der Waals surface area contributed by atoms with Crippen molar-refractivity contribution in [2.45, 2.75) is 239 Å². The Kier molecular flexibility index (Phi) is 39.7. The maximum atomic E-state index is 2.31. The predicted octanol–water partition coefficient (Wildman–Crippen LogP) is 15.4. The van der Waals surface area contributed by atoms with Gasteiger partial charge in [-0.2, -0.15) is 11.8 Å². The first-order valence-electron chi connectivity index (χ1n) is 19.5. The van der Waals surface area contributed by atoms with Gasteiger partial charge in [-0.05, 0) is 24.3 Å². The number of hydrogen-bond donors (Lipinski definition) is 0. The highest BCUT2D eigenvalue weighted by Crippen LogP contribution is 2.17. The zero-order chi connectivity index (χ0) is 28.9. The van der Waals surface area contributed by atoms with E-state index in [0.29, 0.717) is 0 Å². The van der Waals surface area contributed by atoms with Gasteiger partial charge in [0, 0.05) is 0 Å². The summed E-state index contributed by atoms with van der Waals surface area (Å²) in [4.78, 5) is 0. The molecule has 0 rings (SSSR count). The molecule has 0 radical (unpaired) electrons. The van der Waals surface area contributed by atoms with Gasteiger partial charge >= 0.3 is 0 Å². The third-order valence-electron chi connectivity index (χ3n) is 9.03. The third kappa shape index (κ3) is 38.4. The van der Waals surface area contributed by atoms with Gasteiger partial charge in [-0.25, -0.2) is 0 Å². The van der Waals surface area contributed by atoms with Crippen LogP contribution in [0, 0.1) is 0 Å². The molecule has 0 aliphatic carbocycles. The van der Waals surface area contributed by atoms with Gasteiger partial charge in [-0.1, -0.05) is 226 Å². The number of unbranched alkanes of at least 4 members (excludes halogenated alkanes) is 33. The fourth-order valence-corrected chi connectivity index (χ4v) is 7.16. The molecule has 0 saturated heterocycles. The lowest BCUT2D eigenvalue weighted by Gasteiger charge is -2.05. The number of thioether (sulfide) groups is 1. The van der Waals surface area contributed by atoms with E-state index in [1.54, 1.807) is 0 Å². The molecule has 0 atom stereocenters. The summed E-state index contributed by atoms with van der Waals surface area (Å²) in [6.07, 6.45) is 51.7. The van der Waals surface area contributed by atoms with Crippen molar-refractivity contribution in [1.82, 2.24) is 0 Å². The second kappa shape index (κ2) is 39.4. The van der Waals surface area contributed by atoms with E-state index in [1.165, 1.54) is 236 Å². The van der Waals surface area contributed by atoms with Crippen molar-refractivity contribution in [2.75, 3.05) is 11.5 Å². The van der Waals surface area contributed by atoms with E-state index in [-0.39, 0.29) is 0 Å². The standard InChI is InChI=1S/C39H80S/c1-3-5-7-9-11-13-14-15-16-17-18-19-20-21-22-23-24-25-26-27-28-29-31-33-35-37-39-40-38-36-34-32-30-12-10-8-6-4-2/h3-39H2,1-2H3. The molecule has 0 aromatic carbocycles. The molecular formula is C39H80S. The van der Waals surface area contributed by atoms with Crippen LogP contribution in [0.4, 0.5) is 0 Å². The Hall–Kier alpha value is 0.350. The van der Waals surface area contributed by atoms with Crippen LogP contribution >= 0.6 is 11.8 Å². The highest BCUT2D eigenvalue weighted by molar-refractivity contribution is 7.99. The summed E-state index contributed by atoms with van der Waals surface area (Å²) in [6.45, 7) is 4.62. The summed E-state index contributed by atoms with van der Waals surface area (Å²) in [5.74, 6) is 2.83. The maximum absolute atomic E-state index is 2.31. The van der Waals surface area contributed by atoms with E-state index in [2.05, 4.69) is 25.6 Å². The Labute approximate surface area is 261 Å². The normalized spacial score (nSPS) is 11.6. The smallest absolute Gasteiger partial charge is 0.00675 e. The minimum absolute atomic E-state index is 1.37. The van der Waals surface area contributed by atoms with E-state index >= 15 is 0 Å². The first-order chi connectivity index (χ1) is 19.9. The monoisotopic (exact) mass is 581 g/mol. The third-order valence-corrected chi connectivity index (χ3v) is 10.2. The van der Waals surface area contributed by atoms with Gasteiger partial charge < -0.3 is 0 Å². The summed E-state index contributed by atoms with van der Waals surface area (Å²) >= 11 is 2.22. The van der Waals surface area contributed by atoms with Crippen LogP contribution in [0.25, 0.3) is 0 Å². The molecule has 1 heteroatoms. The molecule has 40 heavy (non-hydrogen) atoms. The summed E-state index contributed by atoms with van der Waals surface area (Å²) in [6, 6.07) is 0. The summed E-state index contributed by atoms with van der Waals surface area (Å²) in [7, 11) is 0. The van der Waals surface area contributed by atoms with E-state index in [1.807, 2.05) is 0 Å². The van der Waals surface area contributed by atoms with E-state index in [9.17, 15) is 0 Å². The zero-order valence-corrected chi connectivity index (χ0v) is 29.4. The van der Waals surface area contributed by atoms with Crippen LogP contribution in [0.5, 0.6) is 0 Å². The molecule has 0 aromatic rings. The lowest BCUT2D eigenvalue weighted by molar-refractivity contribution is 0.516. The van der Waals surface area contributed by atoms with E-state index < -0.39 is 0 Å². The average molecular weight is 581 g/mol. The second-order valence-corrected chi connectivity index (χ2v) is 14.5. The molecular weight excluding hydrogens is 500 g/mol. The number of hydrogen-bond acceptors (Lipinski definition) is 1. The van der Waals surface area contributed by atoms with E-state index in [4.69, 9.17) is 0 Å². The fraction of sp³-hybridized carbons (Fsp3) is 1.00. The molecule has 0 N–H and O–H groups in total. The molecule has 0 heterocycles. The van der Waals surface area contributed by atoms with Crippen LogP contribution in [0.2, 0.25) is 0 Å². The van der Waals surface area contributed by atoms with Crippen LogP contribution < -0.4 is 0 Å². The average Bonchev–Trinajstić information content (AvgIpc) is 2.97. The van der Waals surface area contributed by atoms with Crippen molar-refractivity contribution in [3.63, 3.8) is 0 Å². The molecule has 0 saturated carbocycles. The molecule has 0 amide bonds. The van der Waals surface area contributed by atoms with Crippen molar-refractivity contribution in [3.8, 4) is 0 Å². The Morgan fingerprint density at radius 2 is 0.350 bits per heavy atom. The summed E-state index contributed by atoms with van der Waals surface area (Å²) in [5.41, 5.74) is 0.